The normalized spacial score (nSPS) is 15.8. The Hall–Kier alpha value is -1.28. The first-order valence-corrected chi connectivity index (χ1v) is 11.2. The van der Waals surface area contributed by atoms with E-state index in [1.54, 1.807) is 6.08 Å². The van der Waals surface area contributed by atoms with Gasteiger partial charge in [0.1, 0.15) is 12.4 Å². The number of carbonyl (C=O) groups excluding carboxylic acids is 2. The van der Waals surface area contributed by atoms with Crippen LogP contribution in [0, 0.1) is 0 Å². The highest BCUT2D eigenvalue weighted by Gasteiger charge is 2.36. The molecule has 0 unspecified atom stereocenters. The second-order valence-corrected chi connectivity index (χ2v) is 9.51. The molecule has 8 heteroatoms. The Morgan fingerprint density at radius 2 is 1.75 bits per heavy atom. The molecular weight excluding hydrogens is 530 g/mol. The molecule has 2 aromatic rings. The molecule has 0 aliphatic carbocycles. The summed E-state index contributed by atoms with van der Waals surface area (Å²) in [7, 11) is 0. The summed E-state index contributed by atoms with van der Waals surface area (Å²) >= 11 is 13.9. The van der Waals surface area contributed by atoms with Gasteiger partial charge < -0.3 is 4.74 Å². The molecule has 0 saturated carbocycles. The molecule has 2 aromatic carbocycles. The summed E-state index contributed by atoms with van der Waals surface area (Å²) in [6, 6.07) is 11.0. The van der Waals surface area contributed by atoms with Crippen LogP contribution in [0.3, 0.4) is 0 Å². The smallest absolute Gasteiger partial charge is 0.293 e. The average molecular weight is 546 g/mol. The number of hydrogen-bond donors (Lipinski definition) is 0. The molecule has 2 amide bonds. The van der Waals surface area contributed by atoms with Gasteiger partial charge in [-0.1, -0.05) is 23.7 Å². The Bertz CT molecular complexity index is 937. The van der Waals surface area contributed by atoms with E-state index in [2.05, 4.69) is 31.9 Å². The molecule has 28 heavy (non-hydrogen) atoms. The lowest BCUT2D eigenvalue weighted by molar-refractivity contribution is -0.123. The molecule has 0 bridgehead atoms. The van der Waals surface area contributed by atoms with Crippen molar-refractivity contribution in [3.63, 3.8) is 0 Å². The second-order valence-electron chi connectivity index (χ2n) is 6.37. The van der Waals surface area contributed by atoms with Crippen molar-refractivity contribution in [1.82, 2.24) is 4.90 Å². The summed E-state index contributed by atoms with van der Waals surface area (Å²) in [5.74, 6) is 0.391. The third-order valence-corrected chi connectivity index (χ3v) is 6.27. The first-order chi connectivity index (χ1) is 13.3. The minimum absolute atomic E-state index is 0.166. The summed E-state index contributed by atoms with van der Waals surface area (Å²) < 4.78 is 7.39. The molecule has 1 aliphatic rings. The highest BCUT2D eigenvalue weighted by Crippen LogP contribution is 2.38. The fourth-order valence-electron chi connectivity index (χ4n) is 2.61. The molecule has 0 N–H and O–H groups in total. The van der Waals surface area contributed by atoms with Crippen LogP contribution in [0.15, 0.2) is 50.2 Å². The van der Waals surface area contributed by atoms with Crippen molar-refractivity contribution in [1.29, 1.82) is 0 Å². The van der Waals surface area contributed by atoms with Gasteiger partial charge in [-0.15, -0.1) is 0 Å². The highest BCUT2D eigenvalue weighted by atomic mass is 79.9. The number of halogens is 3. The van der Waals surface area contributed by atoms with Crippen molar-refractivity contribution in [2.45, 2.75) is 26.5 Å². The maximum absolute atomic E-state index is 12.4. The molecule has 4 nitrogen and oxygen atoms in total. The predicted molar refractivity (Wildman–Crippen MR) is 121 cm³/mol. The Balaban J connectivity index is 1.79. The molecule has 0 aromatic heterocycles. The van der Waals surface area contributed by atoms with Crippen molar-refractivity contribution in [3.8, 4) is 5.75 Å². The third-order valence-electron chi connectivity index (χ3n) is 3.95. The number of thioether (sulfide) groups is 1. The molecule has 1 fully saturated rings. The zero-order valence-electron chi connectivity index (χ0n) is 15.0. The van der Waals surface area contributed by atoms with E-state index in [-0.39, 0.29) is 17.2 Å². The molecule has 1 aliphatic heterocycles. The van der Waals surface area contributed by atoms with Crippen LogP contribution in [0.2, 0.25) is 5.02 Å². The number of ether oxygens (including phenoxy) is 1. The lowest BCUT2D eigenvalue weighted by atomic mass is 10.2. The van der Waals surface area contributed by atoms with Crippen molar-refractivity contribution >= 4 is 72.4 Å². The van der Waals surface area contributed by atoms with Gasteiger partial charge in [0.2, 0.25) is 0 Å². The van der Waals surface area contributed by atoms with E-state index in [1.807, 2.05) is 50.2 Å². The maximum Gasteiger partial charge on any atom is 0.293 e. The van der Waals surface area contributed by atoms with Crippen LogP contribution in [0.25, 0.3) is 6.08 Å². The minimum atomic E-state index is -0.264. The zero-order chi connectivity index (χ0) is 20.4. The Morgan fingerprint density at radius 1 is 1.14 bits per heavy atom. The lowest BCUT2D eigenvalue weighted by Gasteiger charge is -2.16. The van der Waals surface area contributed by atoms with Gasteiger partial charge in [-0.2, -0.15) is 0 Å². The van der Waals surface area contributed by atoms with Crippen LogP contribution in [0.4, 0.5) is 4.79 Å². The Kier molecular flexibility index (Phi) is 6.91. The van der Waals surface area contributed by atoms with Crippen molar-refractivity contribution in [3.05, 3.63) is 66.4 Å². The molecular formula is C20H16Br2ClNO3S. The van der Waals surface area contributed by atoms with Gasteiger partial charge >= 0.3 is 0 Å². The van der Waals surface area contributed by atoms with Crippen LogP contribution in [0.1, 0.15) is 25.0 Å². The number of carbonyl (C=O) groups is 2. The van der Waals surface area contributed by atoms with Crippen LogP contribution in [0.5, 0.6) is 5.75 Å². The molecule has 0 radical (unpaired) electrons. The number of imide groups is 1. The summed E-state index contributed by atoms with van der Waals surface area (Å²) in [6.45, 7) is 4.03. The number of benzene rings is 2. The summed E-state index contributed by atoms with van der Waals surface area (Å²) in [4.78, 5) is 26.2. The zero-order valence-corrected chi connectivity index (χ0v) is 19.8. The Labute approximate surface area is 189 Å². The first-order valence-electron chi connectivity index (χ1n) is 8.39. The number of amides is 2. The molecule has 146 valence electrons. The molecule has 1 saturated heterocycles. The predicted octanol–water partition coefficient (Wildman–Crippen LogP) is 6.89. The fraction of sp³-hybridized carbons (Fsp3) is 0.200. The van der Waals surface area contributed by atoms with Crippen LogP contribution < -0.4 is 4.74 Å². The lowest BCUT2D eigenvalue weighted by Crippen LogP contribution is -2.34. The third kappa shape index (κ3) is 4.82. The number of rotatable bonds is 5. The van der Waals surface area contributed by atoms with E-state index in [1.165, 1.54) is 4.90 Å². The van der Waals surface area contributed by atoms with Crippen molar-refractivity contribution < 1.29 is 14.3 Å². The van der Waals surface area contributed by atoms with Gasteiger partial charge in [0.05, 0.1) is 13.9 Å². The van der Waals surface area contributed by atoms with Gasteiger partial charge in [0.15, 0.2) is 0 Å². The van der Waals surface area contributed by atoms with Crippen molar-refractivity contribution in [2.75, 3.05) is 0 Å². The summed E-state index contributed by atoms with van der Waals surface area (Å²) in [5, 5.41) is 0.435. The molecule has 0 atom stereocenters. The van der Waals surface area contributed by atoms with Crippen LogP contribution in [-0.2, 0) is 11.4 Å². The maximum atomic E-state index is 12.4. The summed E-state index contributed by atoms with van der Waals surface area (Å²) in [6.07, 6.45) is 1.71. The monoisotopic (exact) mass is 543 g/mol. The van der Waals surface area contributed by atoms with Gasteiger partial charge in [-0.05, 0) is 98.9 Å². The largest absolute Gasteiger partial charge is 0.487 e. The van der Waals surface area contributed by atoms with Gasteiger partial charge in [-0.25, -0.2) is 0 Å². The van der Waals surface area contributed by atoms with Gasteiger partial charge in [-0.3, -0.25) is 14.5 Å². The molecule has 3 rings (SSSR count). The van der Waals surface area contributed by atoms with E-state index in [4.69, 9.17) is 16.3 Å². The topological polar surface area (TPSA) is 46.6 Å². The van der Waals surface area contributed by atoms with E-state index < -0.39 is 0 Å². The average Bonchev–Trinajstić information content (AvgIpc) is 2.89. The quantitative estimate of drug-likeness (QED) is 0.384. The number of hydrogen-bond acceptors (Lipinski definition) is 4. The Morgan fingerprint density at radius 3 is 2.29 bits per heavy atom. The van der Waals surface area contributed by atoms with Crippen LogP contribution in [-0.4, -0.2) is 22.1 Å². The van der Waals surface area contributed by atoms with Crippen molar-refractivity contribution in [2.24, 2.45) is 0 Å². The van der Waals surface area contributed by atoms with E-state index in [0.29, 0.717) is 22.3 Å². The highest BCUT2D eigenvalue weighted by molar-refractivity contribution is 9.11. The SMILES string of the molecule is CC(C)N1C(=O)S/C(=C/c2cc(Br)c(OCc3ccc(Cl)cc3)c(Br)c2)C1=O. The fourth-order valence-corrected chi connectivity index (χ4v) is 5.15. The second kappa shape index (κ2) is 9.03. The van der Waals surface area contributed by atoms with E-state index in [9.17, 15) is 9.59 Å². The molecule has 0 spiro atoms. The minimum Gasteiger partial charge on any atom is -0.487 e. The van der Waals surface area contributed by atoms with E-state index in [0.717, 1.165) is 31.8 Å². The molecule has 1 heterocycles. The number of nitrogens with zero attached hydrogens (tertiary/aromatic N) is 1. The first kappa shape index (κ1) is 21.4. The van der Waals surface area contributed by atoms with Crippen LogP contribution >= 0.6 is 55.2 Å². The summed E-state index contributed by atoms with van der Waals surface area (Å²) in [5.41, 5.74) is 1.78. The van der Waals surface area contributed by atoms with E-state index >= 15 is 0 Å². The van der Waals surface area contributed by atoms with Gasteiger partial charge in [0, 0.05) is 11.1 Å². The van der Waals surface area contributed by atoms with Gasteiger partial charge in [0.25, 0.3) is 11.1 Å². The standard InChI is InChI=1S/C20H16Br2ClNO3S/c1-11(2)24-19(25)17(28-20(24)26)9-13-7-15(21)18(16(22)8-13)27-10-12-3-5-14(23)6-4-12/h3-9,11H,10H2,1-2H3/b17-9+.